The van der Waals surface area contributed by atoms with E-state index >= 15 is 0 Å². The van der Waals surface area contributed by atoms with Crippen LogP contribution in [0, 0.1) is 35.6 Å². The first-order chi connectivity index (χ1) is 2.00. The molecule has 4 nitrogen and oxygen atoms in total. The van der Waals surface area contributed by atoms with Gasteiger partial charge >= 0.3 is 29.4 Å². The Kier molecular flexibility index (Phi) is 13.4. The molecule has 0 atom stereocenters. The molecular weight excluding hydrogens is 314 g/mol. The summed E-state index contributed by atoms with van der Waals surface area (Å²) in [6.07, 6.45) is 0. The van der Waals surface area contributed by atoms with Crippen molar-refractivity contribution in [3.63, 3.8) is 0 Å². The molecule has 0 amide bonds. The van der Waals surface area contributed by atoms with E-state index in [9.17, 15) is 0 Å². The van der Waals surface area contributed by atoms with Crippen molar-refractivity contribution in [2.75, 3.05) is 0 Å². The Bertz CT molecular complexity index is 94.9. The van der Waals surface area contributed by atoms with Gasteiger partial charge in [-0.05, 0) is 0 Å². The van der Waals surface area contributed by atoms with E-state index in [4.69, 9.17) is 16.0 Å². The maximum absolute atomic E-state index is 8.80. The molecule has 2 N–H and O–H groups in total. The minimum atomic E-state index is -5.12. The summed E-state index contributed by atoms with van der Waals surface area (Å²) in [5.41, 5.74) is 0. The van der Waals surface area contributed by atoms with E-state index in [1.165, 1.54) is 0 Å². The Morgan fingerprint density at radius 2 is 1.14 bits per heavy atom. The molecule has 7 heteroatoms. The van der Waals surface area contributed by atoms with Crippen LogP contribution in [0.15, 0.2) is 0 Å². The first-order valence-corrected chi connectivity index (χ1v) is 2.67. The van der Waals surface area contributed by atoms with E-state index in [1.54, 1.807) is 0 Å². The third kappa shape index (κ3) is 83.5. The van der Waals surface area contributed by atoms with Crippen molar-refractivity contribution >= 4 is 0 Å². The quantitative estimate of drug-likeness (QED) is 0.542. The molecule has 0 fully saturated rings. The zero-order valence-electron chi connectivity index (χ0n) is 3.02. The van der Waals surface area contributed by atoms with Crippen LogP contribution in [0.3, 0.4) is 0 Å². The van der Waals surface area contributed by atoms with Gasteiger partial charge in [-0.25, -0.2) is 0 Å². The maximum atomic E-state index is 8.80. The number of hydrogen-bond donors (Lipinski definition) is 2. The summed E-state index contributed by atoms with van der Waals surface area (Å²) in [6.45, 7) is 0. The van der Waals surface area contributed by atoms with Crippen molar-refractivity contribution in [2.24, 2.45) is 0 Å². The molecule has 0 aliphatic rings. The molecule has 7 heavy (non-hydrogen) atoms. The fraction of sp³-hybridized carbons (Fsp3) is 0. The van der Waals surface area contributed by atoms with Gasteiger partial charge < -0.3 is 0 Å². The van der Waals surface area contributed by atoms with E-state index in [2.05, 4.69) is 0 Å². The molecule has 0 aromatic heterocycles. The molecule has 0 saturated heterocycles. The summed E-state index contributed by atoms with van der Waals surface area (Å²) in [5, 5.41) is 0. The van der Waals surface area contributed by atoms with Gasteiger partial charge in [0.05, 0.1) is 0 Å². The van der Waals surface area contributed by atoms with Gasteiger partial charge in [0.25, 0.3) is 0 Å². The molecule has 0 rings (SSSR count). The predicted octanol–water partition coefficient (Wildman–Crippen LogP) is -1.36. The van der Waals surface area contributed by atoms with Gasteiger partial charge in [-0.1, -0.05) is 0 Å². The fourth-order valence-corrected chi connectivity index (χ4v) is 0. The van der Waals surface area contributed by atoms with Crippen molar-refractivity contribution in [1.82, 2.24) is 0 Å². The minimum absolute atomic E-state index is 0. The molecule has 0 aliphatic heterocycles. The summed E-state index contributed by atoms with van der Waals surface area (Å²) < 4.78 is 31.8. The molecular formula is H2FeLaMnO4. The molecule has 0 unspecified atom stereocenters. The number of rotatable bonds is 0. The van der Waals surface area contributed by atoms with Crippen molar-refractivity contribution in [2.45, 2.75) is 0 Å². The molecule has 0 aliphatic carbocycles. The van der Waals surface area contributed by atoms with E-state index in [-0.39, 0.29) is 52.7 Å². The normalized spacial score (nSPS) is 8.29. The summed E-state index contributed by atoms with van der Waals surface area (Å²) in [6, 6.07) is 0. The Morgan fingerprint density at radius 1 is 1.14 bits per heavy atom. The second-order valence-corrected chi connectivity index (χ2v) is 1.71. The molecule has 44 valence electrons. The van der Waals surface area contributed by atoms with Crippen molar-refractivity contribution in [3.05, 3.63) is 0 Å². The van der Waals surface area contributed by atoms with Crippen LogP contribution >= 0.6 is 0 Å². The SMILES string of the molecule is [Fe].[La].[O]=[Mn](=[O])([OH])[OH]. The van der Waals surface area contributed by atoms with Crippen LogP contribution in [0.5, 0.6) is 0 Å². The third-order valence-corrected chi connectivity index (χ3v) is 0. The Labute approximate surface area is 81.0 Å². The zero-order chi connectivity index (χ0) is 4.50. The summed E-state index contributed by atoms with van der Waals surface area (Å²) in [7, 11) is 0. The topological polar surface area (TPSA) is 74.6 Å². The molecule has 0 aromatic carbocycles. The Hall–Kier alpha value is 1.75. The standard InChI is InChI=1S/Fe.La.Mn.2H2O.2O/h;;;2*1H2;;/q;;+2;;;;/p-2. The van der Waals surface area contributed by atoms with Crippen LogP contribution < -0.4 is 0 Å². The number of hydrogen-bond acceptors (Lipinski definition) is 2. The summed E-state index contributed by atoms with van der Waals surface area (Å²) in [5.74, 6) is 0. The predicted molar refractivity (Wildman–Crippen MR) is 5.81 cm³/mol. The van der Waals surface area contributed by atoms with Crippen LogP contribution in [0.1, 0.15) is 0 Å². The molecule has 0 heterocycles. The van der Waals surface area contributed by atoms with Crippen LogP contribution in [0.2, 0.25) is 0 Å². The van der Waals surface area contributed by atoms with Gasteiger partial charge in [-0.3, -0.25) is 0 Å². The summed E-state index contributed by atoms with van der Waals surface area (Å²) in [4.78, 5) is 0. The third-order valence-electron chi connectivity index (χ3n) is 0. The first-order valence-electron chi connectivity index (χ1n) is 0.647. The Morgan fingerprint density at radius 3 is 1.14 bits per heavy atom. The van der Waals surface area contributed by atoms with Gasteiger partial charge in [-0.2, -0.15) is 0 Å². The first kappa shape index (κ1) is 15.9. The van der Waals surface area contributed by atoms with E-state index in [0.717, 1.165) is 0 Å². The van der Waals surface area contributed by atoms with Gasteiger partial charge in [0.15, 0.2) is 0 Å². The van der Waals surface area contributed by atoms with E-state index < -0.39 is 13.4 Å². The van der Waals surface area contributed by atoms with Crippen molar-refractivity contribution in [1.29, 1.82) is 0 Å². The van der Waals surface area contributed by atoms with E-state index in [0.29, 0.717) is 0 Å². The molecule has 1 radical (unpaired) electrons. The second kappa shape index (κ2) is 5.88. The zero-order valence-corrected chi connectivity index (χ0v) is 8.93. The van der Waals surface area contributed by atoms with Gasteiger partial charge in [-0.15, -0.1) is 0 Å². The molecule has 0 spiro atoms. The monoisotopic (exact) mass is 316 g/mol. The average molecular weight is 316 g/mol. The van der Waals surface area contributed by atoms with Crippen LogP contribution in [0.25, 0.3) is 0 Å². The molecule has 0 bridgehead atoms. The van der Waals surface area contributed by atoms with Gasteiger partial charge in [0.1, 0.15) is 0 Å². The second-order valence-electron chi connectivity index (χ2n) is 0.415. The van der Waals surface area contributed by atoms with Crippen molar-refractivity contribution in [3.8, 4) is 0 Å². The van der Waals surface area contributed by atoms with Crippen LogP contribution in [-0.4, -0.2) is 8.38 Å². The van der Waals surface area contributed by atoms with Crippen LogP contribution in [0.4, 0.5) is 0 Å². The van der Waals surface area contributed by atoms with Crippen molar-refractivity contribution < 1.29 is 82.1 Å². The summed E-state index contributed by atoms with van der Waals surface area (Å²) >= 11 is -5.12. The molecule has 0 saturated carbocycles. The Balaban J connectivity index is -0.0000000800. The average Bonchev–Trinajstić information content (AvgIpc) is 0.722. The molecule has 0 aromatic rings. The van der Waals surface area contributed by atoms with Crippen LogP contribution in [-0.2, 0) is 38.1 Å². The van der Waals surface area contributed by atoms with Gasteiger partial charge in [0.2, 0.25) is 0 Å². The van der Waals surface area contributed by atoms with Gasteiger partial charge in [0, 0.05) is 52.7 Å². The fourth-order valence-electron chi connectivity index (χ4n) is 0. The van der Waals surface area contributed by atoms with E-state index in [1.807, 2.05) is 0 Å².